The number of hydrogen-bond acceptors (Lipinski definition) is 5. The molecule has 3 aromatic rings. The van der Waals surface area contributed by atoms with Crippen molar-refractivity contribution in [3.8, 4) is 0 Å². The molecule has 2 aromatic carbocycles. The van der Waals surface area contributed by atoms with Gasteiger partial charge in [-0.15, -0.1) is 0 Å². The number of rotatable bonds is 7. The van der Waals surface area contributed by atoms with Crippen LogP contribution < -0.4 is 16.0 Å². The van der Waals surface area contributed by atoms with Gasteiger partial charge in [-0.25, -0.2) is 0 Å². The number of carbonyl (C=O) groups is 3. The van der Waals surface area contributed by atoms with E-state index in [0.717, 1.165) is 5.69 Å². The Labute approximate surface area is 173 Å². The summed E-state index contributed by atoms with van der Waals surface area (Å²) in [6, 6.07) is 16.9. The predicted octanol–water partition coefficient (Wildman–Crippen LogP) is 3.28. The normalized spacial score (nSPS) is 10.2. The van der Waals surface area contributed by atoms with Crippen LogP contribution in [0.25, 0.3) is 0 Å². The molecule has 30 heavy (non-hydrogen) atoms. The molecular formula is C22H22N4O4. The van der Waals surface area contributed by atoms with Crippen LogP contribution in [0.15, 0.2) is 71.3 Å². The standard InChI is InChI=1S/C22H22N4O4/c1-26(2)22(29)15-8-10-16(11-9-15)23-14-20(27)24-17-5-3-6-18(13-17)25-21(28)19-7-4-12-30-19/h3-13,23H,14H2,1-2H3,(H,24,27)(H,25,28). The summed E-state index contributed by atoms with van der Waals surface area (Å²) in [5, 5.41) is 8.48. The van der Waals surface area contributed by atoms with E-state index >= 15 is 0 Å². The van der Waals surface area contributed by atoms with Crippen LogP contribution in [-0.4, -0.2) is 43.3 Å². The van der Waals surface area contributed by atoms with Crippen LogP contribution in [0.1, 0.15) is 20.9 Å². The van der Waals surface area contributed by atoms with Crippen molar-refractivity contribution >= 4 is 34.8 Å². The van der Waals surface area contributed by atoms with Crippen LogP contribution in [0.4, 0.5) is 17.1 Å². The lowest BCUT2D eigenvalue weighted by molar-refractivity contribution is -0.114. The molecule has 0 aliphatic heterocycles. The molecule has 0 bridgehead atoms. The summed E-state index contributed by atoms with van der Waals surface area (Å²) in [7, 11) is 3.38. The largest absolute Gasteiger partial charge is 0.459 e. The fourth-order valence-corrected chi connectivity index (χ4v) is 2.65. The third kappa shape index (κ3) is 5.48. The van der Waals surface area contributed by atoms with E-state index in [9.17, 15) is 14.4 Å². The Bertz CT molecular complexity index is 1030. The first kappa shape index (κ1) is 20.7. The highest BCUT2D eigenvalue weighted by Gasteiger charge is 2.10. The number of anilines is 3. The lowest BCUT2D eigenvalue weighted by atomic mass is 10.2. The third-order valence-electron chi connectivity index (χ3n) is 4.14. The fraction of sp³-hybridized carbons (Fsp3) is 0.136. The van der Waals surface area contributed by atoms with Crippen molar-refractivity contribution in [3.63, 3.8) is 0 Å². The molecule has 0 saturated carbocycles. The summed E-state index contributed by atoms with van der Waals surface area (Å²) in [4.78, 5) is 37.7. The summed E-state index contributed by atoms with van der Waals surface area (Å²) < 4.78 is 5.06. The minimum Gasteiger partial charge on any atom is -0.459 e. The predicted molar refractivity (Wildman–Crippen MR) is 115 cm³/mol. The number of nitrogens with one attached hydrogen (secondary N) is 3. The van der Waals surface area contributed by atoms with Crippen molar-refractivity contribution < 1.29 is 18.8 Å². The maximum Gasteiger partial charge on any atom is 0.291 e. The van der Waals surface area contributed by atoms with Crippen LogP contribution in [0.5, 0.6) is 0 Å². The molecule has 0 radical (unpaired) electrons. The Morgan fingerprint density at radius 1 is 0.867 bits per heavy atom. The highest BCUT2D eigenvalue weighted by atomic mass is 16.3. The highest BCUT2D eigenvalue weighted by molar-refractivity contribution is 6.03. The van der Waals surface area contributed by atoms with Gasteiger partial charge in [0.2, 0.25) is 5.91 Å². The van der Waals surface area contributed by atoms with E-state index in [4.69, 9.17) is 4.42 Å². The van der Waals surface area contributed by atoms with Gasteiger partial charge in [0.15, 0.2) is 5.76 Å². The maximum absolute atomic E-state index is 12.2. The van der Waals surface area contributed by atoms with E-state index in [2.05, 4.69) is 16.0 Å². The quantitative estimate of drug-likeness (QED) is 0.559. The lowest BCUT2D eigenvalue weighted by Crippen LogP contribution is -2.22. The van der Waals surface area contributed by atoms with Gasteiger partial charge < -0.3 is 25.3 Å². The van der Waals surface area contributed by atoms with Crippen molar-refractivity contribution in [2.75, 3.05) is 36.6 Å². The van der Waals surface area contributed by atoms with Crippen LogP contribution in [0.2, 0.25) is 0 Å². The zero-order valence-electron chi connectivity index (χ0n) is 16.6. The first-order chi connectivity index (χ1) is 14.4. The molecule has 154 valence electrons. The van der Waals surface area contributed by atoms with Gasteiger partial charge in [0, 0.05) is 36.7 Å². The number of amides is 3. The summed E-state index contributed by atoms with van der Waals surface area (Å²) in [5.41, 5.74) is 2.37. The third-order valence-corrected chi connectivity index (χ3v) is 4.14. The van der Waals surface area contributed by atoms with Gasteiger partial charge in [-0.1, -0.05) is 6.07 Å². The summed E-state index contributed by atoms with van der Waals surface area (Å²) in [5.74, 6) is -0.510. The summed E-state index contributed by atoms with van der Waals surface area (Å²) in [6.07, 6.45) is 1.42. The second-order valence-corrected chi connectivity index (χ2v) is 6.69. The Hall–Kier alpha value is -4.07. The molecule has 0 atom stereocenters. The average molecular weight is 406 g/mol. The number of furan rings is 1. The number of hydrogen-bond donors (Lipinski definition) is 3. The molecular weight excluding hydrogens is 384 g/mol. The molecule has 3 N–H and O–H groups in total. The first-order valence-corrected chi connectivity index (χ1v) is 9.23. The van der Waals surface area contributed by atoms with Crippen molar-refractivity contribution in [3.05, 3.63) is 78.3 Å². The van der Waals surface area contributed by atoms with Crippen LogP contribution >= 0.6 is 0 Å². The van der Waals surface area contributed by atoms with Gasteiger partial charge in [-0.2, -0.15) is 0 Å². The van der Waals surface area contributed by atoms with Gasteiger partial charge in [-0.05, 0) is 54.6 Å². The average Bonchev–Trinajstić information content (AvgIpc) is 3.27. The maximum atomic E-state index is 12.2. The number of carbonyl (C=O) groups excluding carboxylic acids is 3. The fourth-order valence-electron chi connectivity index (χ4n) is 2.65. The number of benzene rings is 2. The van der Waals surface area contributed by atoms with E-state index in [1.54, 1.807) is 74.8 Å². The molecule has 0 aliphatic rings. The van der Waals surface area contributed by atoms with Gasteiger partial charge in [-0.3, -0.25) is 14.4 Å². The van der Waals surface area contributed by atoms with Crippen LogP contribution in [-0.2, 0) is 4.79 Å². The monoisotopic (exact) mass is 406 g/mol. The number of nitrogens with zero attached hydrogens (tertiary/aromatic N) is 1. The molecule has 3 rings (SSSR count). The van der Waals surface area contributed by atoms with Crippen molar-refractivity contribution in [1.82, 2.24) is 4.90 Å². The van der Waals surface area contributed by atoms with Crippen LogP contribution in [0.3, 0.4) is 0 Å². The SMILES string of the molecule is CN(C)C(=O)c1ccc(NCC(=O)Nc2cccc(NC(=O)c3ccco3)c2)cc1. The molecule has 1 heterocycles. The van der Waals surface area contributed by atoms with Crippen molar-refractivity contribution in [2.45, 2.75) is 0 Å². The molecule has 0 fully saturated rings. The molecule has 3 amide bonds. The zero-order chi connectivity index (χ0) is 21.5. The highest BCUT2D eigenvalue weighted by Crippen LogP contribution is 2.16. The Balaban J connectivity index is 1.52. The molecule has 0 spiro atoms. The minimum absolute atomic E-state index is 0.0456. The van der Waals surface area contributed by atoms with E-state index in [0.29, 0.717) is 16.9 Å². The molecule has 0 unspecified atom stereocenters. The molecule has 1 aromatic heterocycles. The molecule has 0 saturated heterocycles. The minimum atomic E-state index is -0.374. The van der Waals surface area contributed by atoms with Crippen molar-refractivity contribution in [1.29, 1.82) is 0 Å². The zero-order valence-corrected chi connectivity index (χ0v) is 16.6. The smallest absolute Gasteiger partial charge is 0.291 e. The van der Waals surface area contributed by atoms with E-state index < -0.39 is 0 Å². The molecule has 8 nitrogen and oxygen atoms in total. The van der Waals surface area contributed by atoms with Gasteiger partial charge in [0.1, 0.15) is 0 Å². The molecule has 0 aliphatic carbocycles. The summed E-state index contributed by atoms with van der Waals surface area (Å²) in [6.45, 7) is 0.0456. The van der Waals surface area contributed by atoms with Crippen molar-refractivity contribution in [2.24, 2.45) is 0 Å². The van der Waals surface area contributed by atoms with Crippen LogP contribution in [0, 0.1) is 0 Å². The van der Waals surface area contributed by atoms with Gasteiger partial charge in [0.05, 0.1) is 12.8 Å². The second-order valence-electron chi connectivity index (χ2n) is 6.69. The Morgan fingerprint density at radius 3 is 2.20 bits per heavy atom. The van der Waals surface area contributed by atoms with E-state index in [-0.39, 0.29) is 30.0 Å². The van der Waals surface area contributed by atoms with Gasteiger partial charge in [0.25, 0.3) is 11.8 Å². The van der Waals surface area contributed by atoms with E-state index in [1.807, 2.05) is 0 Å². The lowest BCUT2D eigenvalue weighted by Gasteiger charge is -2.12. The van der Waals surface area contributed by atoms with Gasteiger partial charge >= 0.3 is 0 Å². The topological polar surface area (TPSA) is 104 Å². The molecule has 8 heteroatoms. The Morgan fingerprint density at radius 2 is 1.57 bits per heavy atom. The summed E-state index contributed by atoms with van der Waals surface area (Å²) >= 11 is 0. The van der Waals surface area contributed by atoms with E-state index in [1.165, 1.54) is 11.2 Å². The Kier molecular flexibility index (Phi) is 6.49. The first-order valence-electron chi connectivity index (χ1n) is 9.23. The second kappa shape index (κ2) is 9.42.